The van der Waals surface area contributed by atoms with Crippen molar-refractivity contribution in [2.75, 3.05) is 0 Å². The van der Waals surface area contributed by atoms with Crippen molar-refractivity contribution in [3.63, 3.8) is 0 Å². The van der Waals surface area contributed by atoms with E-state index in [4.69, 9.17) is 4.74 Å². The summed E-state index contributed by atoms with van der Waals surface area (Å²) >= 11 is 0. The maximum Gasteiger partial charge on any atom is 0.251 e. The van der Waals surface area contributed by atoms with Crippen molar-refractivity contribution in [1.29, 1.82) is 0 Å². The highest BCUT2D eigenvalue weighted by Gasteiger charge is 2.11. The van der Waals surface area contributed by atoms with E-state index < -0.39 is 0 Å². The summed E-state index contributed by atoms with van der Waals surface area (Å²) in [5.74, 6) is 0.724. The highest BCUT2D eigenvalue weighted by molar-refractivity contribution is 5.94. The molecule has 25 heavy (non-hydrogen) atoms. The Hall–Kier alpha value is -3.14. The molecule has 0 unspecified atom stereocenters. The largest absolute Gasteiger partial charge is 0.489 e. The van der Waals surface area contributed by atoms with E-state index in [2.05, 4.69) is 10.3 Å². The van der Waals surface area contributed by atoms with E-state index in [0.29, 0.717) is 12.2 Å². The van der Waals surface area contributed by atoms with Crippen LogP contribution in [-0.2, 0) is 6.61 Å². The van der Waals surface area contributed by atoms with Gasteiger partial charge in [0.25, 0.3) is 5.91 Å². The Labute approximate surface area is 147 Å². The van der Waals surface area contributed by atoms with Gasteiger partial charge in [-0.15, -0.1) is 0 Å². The number of nitrogens with zero attached hydrogens (tertiary/aromatic N) is 1. The van der Waals surface area contributed by atoms with Gasteiger partial charge in [-0.2, -0.15) is 0 Å². The van der Waals surface area contributed by atoms with Crippen molar-refractivity contribution in [1.82, 2.24) is 10.3 Å². The first-order chi connectivity index (χ1) is 12.2. The summed E-state index contributed by atoms with van der Waals surface area (Å²) in [5, 5.41) is 2.98. The van der Waals surface area contributed by atoms with Crippen molar-refractivity contribution < 1.29 is 9.53 Å². The van der Waals surface area contributed by atoms with Crippen LogP contribution in [0.4, 0.5) is 0 Å². The predicted octanol–water partition coefficient (Wildman–Crippen LogP) is 4.15. The molecular formula is C21H20N2O2. The SMILES string of the molecule is C[C@@H](NC(=O)c1ccc(COc2ccccc2)cc1)c1cccnc1. The van der Waals surface area contributed by atoms with Gasteiger partial charge in [0.05, 0.1) is 6.04 Å². The van der Waals surface area contributed by atoms with Gasteiger partial charge in [-0.05, 0) is 48.4 Å². The fraction of sp³-hybridized carbons (Fsp3) is 0.143. The Morgan fingerprint density at radius 2 is 1.80 bits per heavy atom. The second-order valence-corrected chi connectivity index (χ2v) is 5.78. The standard InChI is InChI=1S/C21H20N2O2/c1-16(19-6-5-13-22-14-19)23-21(24)18-11-9-17(10-12-18)15-25-20-7-3-2-4-8-20/h2-14,16H,15H2,1H3,(H,23,24)/t16-/m1/s1. The summed E-state index contributed by atoms with van der Waals surface area (Å²) in [4.78, 5) is 16.4. The van der Waals surface area contributed by atoms with E-state index in [9.17, 15) is 4.79 Å². The molecule has 0 saturated carbocycles. The zero-order valence-corrected chi connectivity index (χ0v) is 14.1. The number of carbonyl (C=O) groups excluding carboxylic acids is 1. The van der Waals surface area contributed by atoms with E-state index in [0.717, 1.165) is 16.9 Å². The number of rotatable bonds is 6. The van der Waals surface area contributed by atoms with Crippen LogP contribution in [0.5, 0.6) is 5.75 Å². The van der Waals surface area contributed by atoms with Crippen LogP contribution < -0.4 is 10.1 Å². The van der Waals surface area contributed by atoms with Crippen LogP contribution in [0.3, 0.4) is 0 Å². The molecule has 0 fully saturated rings. The molecule has 0 spiro atoms. The summed E-state index contributed by atoms with van der Waals surface area (Å²) in [6, 6.07) is 20.8. The first-order valence-corrected chi connectivity index (χ1v) is 8.20. The second-order valence-electron chi connectivity index (χ2n) is 5.78. The summed E-state index contributed by atoms with van der Waals surface area (Å²) in [6.07, 6.45) is 3.48. The Morgan fingerprint density at radius 3 is 2.48 bits per heavy atom. The summed E-state index contributed by atoms with van der Waals surface area (Å²) in [5.41, 5.74) is 2.61. The van der Waals surface area contributed by atoms with E-state index in [1.165, 1.54) is 0 Å². The van der Waals surface area contributed by atoms with Gasteiger partial charge in [0, 0.05) is 18.0 Å². The van der Waals surface area contributed by atoms with Crippen LogP contribution in [0.25, 0.3) is 0 Å². The highest BCUT2D eigenvalue weighted by atomic mass is 16.5. The average Bonchev–Trinajstić information content (AvgIpc) is 2.68. The van der Waals surface area contributed by atoms with Crippen molar-refractivity contribution >= 4 is 5.91 Å². The van der Waals surface area contributed by atoms with Gasteiger partial charge in [0.2, 0.25) is 0 Å². The van der Waals surface area contributed by atoms with Gasteiger partial charge in [0.15, 0.2) is 0 Å². The number of nitrogens with one attached hydrogen (secondary N) is 1. The number of pyridine rings is 1. The number of para-hydroxylation sites is 1. The minimum Gasteiger partial charge on any atom is -0.489 e. The third-order valence-corrected chi connectivity index (χ3v) is 3.90. The van der Waals surface area contributed by atoms with Gasteiger partial charge in [-0.1, -0.05) is 36.4 Å². The number of aromatic nitrogens is 1. The molecular weight excluding hydrogens is 312 g/mol. The van der Waals surface area contributed by atoms with Crippen LogP contribution >= 0.6 is 0 Å². The van der Waals surface area contributed by atoms with Crippen molar-refractivity contribution in [2.24, 2.45) is 0 Å². The smallest absolute Gasteiger partial charge is 0.251 e. The quantitative estimate of drug-likeness (QED) is 0.738. The molecule has 0 aliphatic heterocycles. The molecule has 126 valence electrons. The van der Waals surface area contributed by atoms with E-state index in [-0.39, 0.29) is 11.9 Å². The molecule has 4 heteroatoms. The van der Waals surface area contributed by atoms with Gasteiger partial charge < -0.3 is 10.1 Å². The first-order valence-electron chi connectivity index (χ1n) is 8.20. The van der Waals surface area contributed by atoms with Crippen molar-refractivity contribution in [2.45, 2.75) is 19.6 Å². The number of hydrogen-bond acceptors (Lipinski definition) is 3. The lowest BCUT2D eigenvalue weighted by Gasteiger charge is -2.14. The van der Waals surface area contributed by atoms with Crippen LogP contribution in [0.1, 0.15) is 34.5 Å². The molecule has 3 rings (SSSR count). The third kappa shape index (κ3) is 4.67. The van der Waals surface area contributed by atoms with Crippen molar-refractivity contribution in [3.8, 4) is 5.75 Å². The molecule has 0 aliphatic carbocycles. The van der Waals surface area contributed by atoms with E-state index in [1.54, 1.807) is 12.4 Å². The lowest BCUT2D eigenvalue weighted by Crippen LogP contribution is -2.26. The minimum atomic E-state index is -0.105. The molecule has 0 saturated heterocycles. The minimum absolute atomic E-state index is 0.0951. The van der Waals surface area contributed by atoms with E-state index in [1.807, 2.05) is 73.7 Å². The number of amides is 1. The lowest BCUT2D eigenvalue weighted by molar-refractivity contribution is 0.0940. The van der Waals surface area contributed by atoms with Crippen LogP contribution in [-0.4, -0.2) is 10.9 Å². The molecule has 0 aliphatic rings. The Bertz CT molecular complexity index is 802. The molecule has 2 aromatic carbocycles. The molecule has 4 nitrogen and oxygen atoms in total. The third-order valence-electron chi connectivity index (χ3n) is 3.90. The van der Waals surface area contributed by atoms with Crippen LogP contribution in [0.2, 0.25) is 0 Å². The molecule has 1 heterocycles. The number of ether oxygens (including phenoxy) is 1. The fourth-order valence-electron chi connectivity index (χ4n) is 2.43. The Morgan fingerprint density at radius 1 is 1.04 bits per heavy atom. The molecule has 1 N–H and O–H groups in total. The predicted molar refractivity (Wildman–Crippen MR) is 97.3 cm³/mol. The first kappa shape index (κ1) is 16.7. The summed E-state index contributed by atoms with van der Waals surface area (Å²) in [7, 11) is 0. The molecule has 3 aromatic rings. The zero-order chi connectivity index (χ0) is 17.5. The summed E-state index contributed by atoms with van der Waals surface area (Å²) < 4.78 is 5.71. The average molecular weight is 332 g/mol. The van der Waals surface area contributed by atoms with Gasteiger partial charge in [0.1, 0.15) is 12.4 Å². The highest BCUT2D eigenvalue weighted by Crippen LogP contribution is 2.14. The molecule has 1 atom stereocenters. The number of benzene rings is 2. The molecule has 1 aromatic heterocycles. The lowest BCUT2D eigenvalue weighted by atomic mass is 10.1. The van der Waals surface area contributed by atoms with Crippen molar-refractivity contribution in [3.05, 3.63) is 95.8 Å². The van der Waals surface area contributed by atoms with E-state index >= 15 is 0 Å². The summed E-state index contributed by atoms with van der Waals surface area (Å²) in [6.45, 7) is 2.41. The Kier molecular flexibility index (Phi) is 5.42. The normalized spacial score (nSPS) is 11.6. The van der Waals surface area contributed by atoms with Gasteiger partial charge >= 0.3 is 0 Å². The zero-order valence-electron chi connectivity index (χ0n) is 14.1. The maximum atomic E-state index is 12.4. The molecule has 1 amide bonds. The number of carbonyl (C=O) groups is 1. The van der Waals surface area contributed by atoms with Gasteiger partial charge in [-0.3, -0.25) is 9.78 Å². The topological polar surface area (TPSA) is 51.2 Å². The van der Waals surface area contributed by atoms with Crippen LogP contribution in [0, 0.1) is 0 Å². The fourth-order valence-corrected chi connectivity index (χ4v) is 2.43. The molecule has 0 bridgehead atoms. The maximum absolute atomic E-state index is 12.4. The molecule has 0 radical (unpaired) electrons. The van der Waals surface area contributed by atoms with Crippen LogP contribution in [0.15, 0.2) is 79.1 Å². The monoisotopic (exact) mass is 332 g/mol. The Balaban J connectivity index is 1.57. The number of hydrogen-bond donors (Lipinski definition) is 1. The van der Waals surface area contributed by atoms with Gasteiger partial charge in [-0.25, -0.2) is 0 Å². The second kappa shape index (κ2) is 8.11.